The minimum atomic E-state index is -0.247. The maximum absolute atomic E-state index is 9.56. The second-order valence-electron chi connectivity index (χ2n) is 3.96. The van der Waals surface area contributed by atoms with Crippen LogP contribution in [-0.2, 0) is 0 Å². The summed E-state index contributed by atoms with van der Waals surface area (Å²) in [5.74, 6) is 0.668. The van der Waals surface area contributed by atoms with Gasteiger partial charge in [-0.05, 0) is 19.5 Å². The number of nitrogens with zero attached hydrogens (tertiary/aromatic N) is 1. The molecule has 80 valence electrons. The zero-order chi connectivity index (χ0) is 10.3. The quantitative estimate of drug-likeness (QED) is 0.612. The van der Waals surface area contributed by atoms with Gasteiger partial charge >= 0.3 is 0 Å². The molecule has 0 heterocycles. The molecule has 3 nitrogen and oxygen atoms in total. The predicted molar refractivity (Wildman–Crippen MR) is 56.9 cm³/mol. The van der Waals surface area contributed by atoms with Crippen molar-refractivity contribution in [3.05, 3.63) is 0 Å². The predicted octanol–water partition coefficient (Wildman–Crippen LogP) is 0.545. The van der Waals surface area contributed by atoms with Crippen molar-refractivity contribution in [3.8, 4) is 0 Å². The highest BCUT2D eigenvalue weighted by Gasteiger charge is 2.10. The van der Waals surface area contributed by atoms with Crippen LogP contribution in [0.15, 0.2) is 0 Å². The van der Waals surface area contributed by atoms with Gasteiger partial charge in [0.25, 0.3) is 0 Å². The molecule has 13 heavy (non-hydrogen) atoms. The van der Waals surface area contributed by atoms with Gasteiger partial charge in [-0.1, -0.05) is 20.8 Å². The molecule has 0 rings (SSSR count). The van der Waals surface area contributed by atoms with Crippen LogP contribution < -0.4 is 5.32 Å². The van der Waals surface area contributed by atoms with Gasteiger partial charge in [0.1, 0.15) is 0 Å². The first-order chi connectivity index (χ1) is 6.10. The third-order valence-corrected chi connectivity index (χ3v) is 1.98. The molecule has 2 N–H and O–H groups in total. The molecule has 1 unspecified atom stereocenters. The SMILES string of the molecule is CCN(CC(C)C)CC(O)CNC. The molecule has 0 aliphatic carbocycles. The number of hydrogen-bond acceptors (Lipinski definition) is 3. The molecule has 0 aromatic carbocycles. The van der Waals surface area contributed by atoms with Crippen LogP contribution in [0, 0.1) is 5.92 Å². The maximum atomic E-state index is 9.56. The van der Waals surface area contributed by atoms with E-state index in [-0.39, 0.29) is 6.10 Å². The molecule has 0 aromatic rings. The van der Waals surface area contributed by atoms with Gasteiger partial charge in [0.15, 0.2) is 0 Å². The first-order valence-corrected chi connectivity index (χ1v) is 5.15. The van der Waals surface area contributed by atoms with E-state index in [2.05, 4.69) is 31.0 Å². The normalized spacial score (nSPS) is 14.1. The van der Waals surface area contributed by atoms with Crippen LogP contribution in [-0.4, -0.2) is 49.3 Å². The van der Waals surface area contributed by atoms with Crippen molar-refractivity contribution in [3.63, 3.8) is 0 Å². The molecule has 0 saturated heterocycles. The third-order valence-electron chi connectivity index (χ3n) is 1.98. The van der Waals surface area contributed by atoms with Crippen molar-refractivity contribution in [2.24, 2.45) is 5.92 Å². The lowest BCUT2D eigenvalue weighted by Crippen LogP contribution is -2.39. The highest BCUT2D eigenvalue weighted by Crippen LogP contribution is 1.99. The van der Waals surface area contributed by atoms with E-state index in [9.17, 15) is 5.11 Å². The molecular weight excluding hydrogens is 164 g/mol. The topological polar surface area (TPSA) is 35.5 Å². The maximum Gasteiger partial charge on any atom is 0.0791 e. The first-order valence-electron chi connectivity index (χ1n) is 5.15. The Morgan fingerprint density at radius 1 is 1.31 bits per heavy atom. The summed E-state index contributed by atoms with van der Waals surface area (Å²) in [4.78, 5) is 2.28. The number of aliphatic hydroxyl groups is 1. The highest BCUT2D eigenvalue weighted by atomic mass is 16.3. The molecule has 0 fully saturated rings. The minimum absolute atomic E-state index is 0.247. The number of hydrogen-bond donors (Lipinski definition) is 2. The highest BCUT2D eigenvalue weighted by molar-refractivity contribution is 4.66. The Morgan fingerprint density at radius 3 is 2.31 bits per heavy atom. The second-order valence-corrected chi connectivity index (χ2v) is 3.96. The van der Waals surface area contributed by atoms with Crippen molar-refractivity contribution >= 4 is 0 Å². The van der Waals surface area contributed by atoms with Crippen LogP contribution in [0.1, 0.15) is 20.8 Å². The van der Waals surface area contributed by atoms with Gasteiger partial charge in [-0.25, -0.2) is 0 Å². The summed E-state index contributed by atoms with van der Waals surface area (Å²) < 4.78 is 0. The molecule has 0 aromatic heterocycles. The average molecular weight is 188 g/mol. The smallest absolute Gasteiger partial charge is 0.0791 e. The Bertz CT molecular complexity index is 117. The molecule has 0 aliphatic heterocycles. The van der Waals surface area contributed by atoms with Crippen LogP contribution in [0.4, 0.5) is 0 Å². The zero-order valence-electron chi connectivity index (χ0n) is 9.38. The fourth-order valence-electron chi connectivity index (χ4n) is 1.45. The lowest BCUT2D eigenvalue weighted by atomic mass is 10.2. The van der Waals surface area contributed by atoms with Crippen molar-refractivity contribution < 1.29 is 5.11 Å². The minimum Gasteiger partial charge on any atom is -0.390 e. The Hall–Kier alpha value is -0.120. The number of likely N-dealkylation sites (N-methyl/N-ethyl adjacent to an activating group) is 2. The van der Waals surface area contributed by atoms with Gasteiger partial charge in [-0.3, -0.25) is 0 Å². The largest absolute Gasteiger partial charge is 0.390 e. The summed E-state index contributed by atoms with van der Waals surface area (Å²) in [7, 11) is 1.86. The monoisotopic (exact) mass is 188 g/mol. The van der Waals surface area contributed by atoms with Gasteiger partial charge in [0, 0.05) is 19.6 Å². The molecule has 0 bridgehead atoms. The molecule has 0 spiro atoms. The summed E-state index contributed by atoms with van der Waals surface area (Å²) in [5.41, 5.74) is 0. The average Bonchev–Trinajstić information content (AvgIpc) is 2.02. The molecule has 0 saturated carbocycles. The van der Waals surface area contributed by atoms with Crippen LogP contribution in [0.3, 0.4) is 0 Å². The fraction of sp³-hybridized carbons (Fsp3) is 1.00. The van der Waals surface area contributed by atoms with Gasteiger partial charge in [0.2, 0.25) is 0 Å². The summed E-state index contributed by atoms with van der Waals surface area (Å²) in [5, 5.41) is 12.5. The van der Waals surface area contributed by atoms with Crippen LogP contribution in [0.25, 0.3) is 0 Å². The lowest BCUT2D eigenvalue weighted by molar-refractivity contribution is 0.109. The Morgan fingerprint density at radius 2 is 1.92 bits per heavy atom. The van der Waals surface area contributed by atoms with E-state index in [1.165, 1.54) is 0 Å². The first kappa shape index (κ1) is 12.9. The van der Waals surface area contributed by atoms with E-state index < -0.39 is 0 Å². The molecule has 0 amide bonds. The van der Waals surface area contributed by atoms with Crippen molar-refractivity contribution in [1.82, 2.24) is 10.2 Å². The molecule has 1 atom stereocenters. The second kappa shape index (κ2) is 7.30. The molecule has 0 radical (unpaired) electrons. The number of rotatable bonds is 7. The van der Waals surface area contributed by atoms with Gasteiger partial charge in [-0.15, -0.1) is 0 Å². The summed E-state index contributed by atoms with van der Waals surface area (Å²) >= 11 is 0. The van der Waals surface area contributed by atoms with Gasteiger partial charge in [-0.2, -0.15) is 0 Å². The number of aliphatic hydroxyl groups excluding tert-OH is 1. The molecular formula is C10H24N2O. The Labute approximate surface area is 82.1 Å². The third kappa shape index (κ3) is 6.99. The Balaban J connectivity index is 3.69. The van der Waals surface area contributed by atoms with Crippen LogP contribution in [0.2, 0.25) is 0 Å². The van der Waals surface area contributed by atoms with Gasteiger partial charge < -0.3 is 15.3 Å². The van der Waals surface area contributed by atoms with E-state index in [1.807, 2.05) is 7.05 Å². The molecule has 3 heteroatoms. The fourth-order valence-corrected chi connectivity index (χ4v) is 1.45. The van der Waals surface area contributed by atoms with Gasteiger partial charge in [0.05, 0.1) is 6.10 Å². The zero-order valence-corrected chi connectivity index (χ0v) is 9.38. The van der Waals surface area contributed by atoms with E-state index in [0.717, 1.165) is 19.6 Å². The van der Waals surface area contributed by atoms with E-state index in [4.69, 9.17) is 0 Å². The van der Waals surface area contributed by atoms with E-state index in [1.54, 1.807) is 0 Å². The summed E-state index contributed by atoms with van der Waals surface area (Å²) in [6.07, 6.45) is -0.247. The van der Waals surface area contributed by atoms with Crippen LogP contribution in [0.5, 0.6) is 0 Å². The number of nitrogens with one attached hydrogen (secondary N) is 1. The van der Waals surface area contributed by atoms with Crippen molar-refractivity contribution in [1.29, 1.82) is 0 Å². The molecule has 0 aliphatic rings. The van der Waals surface area contributed by atoms with Crippen LogP contribution >= 0.6 is 0 Å². The Kier molecular flexibility index (Phi) is 7.23. The summed E-state index contributed by atoms with van der Waals surface area (Å²) in [6.45, 7) is 10.1. The van der Waals surface area contributed by atoms with E-state index in [0.29, 0.717) is 12.5 Å². The lowest BCUT2D eigenvalue weighted by Gasteiger charge is -2.25. The standard InChI is InChI=1S/C10H24N2O/c1-5-12(7-9(2)3)8-10(13)6-11-4/h9-11,13H,5-8H2,1-4H3. The summed E-state index contributed by atoms with van der Waals surface area (Å²) in [6, 6.07) is 0. The van der Waals surface area contributed by atoms with E-state index >= 15 is 0 Å². The van der Waals surface area contributed by atoms with Crippen molar-refractivity contribution in [2.75, 3.05) is 33.2 Å². The van der Waals surface area contributed by atoms with Crippen molar-refractivity contribution in [2.45, 2.75) is 26.9 Å².